The van der Waals surface area contributed by atoms with E-state index < -0.39 is 17.9 Å². The Morgan fingerprint density at radius 3 is 2.37 bits per heavy atom. The summed E-state index contributed by atoms with van der Waals surface area (Å²) in [5.41, 5.74) is 1.27. The molecular weight excluding hydrogens is 344 g/mol. The summed E-state index contributed by atoms with van der Waals surface area (Å²) in [6.07, 6.45) is 6.41. The van der Waals surface area contributed by atoms with Gasteiger partial charge in [-0.25, -0.2) is 0 Å². The van der Waals surface area contributed by atoms with Gasteiger partial charge in [0.25, 0.3) is 5.91 Å². The molecule has 1 aliphatic heterocycles. The fourth-order valence-corrected chi connectivity index (χ4v) is 4.34. The molecule has 1 aliphatic carbocycles. The van der Waals surface area contributed by atoms with Gasteiger partial charge in [-0.2, -0.15) is 0 Å². The Balaban J connectivity index is 1.64. The van der Waals surface area contributed by atoms with Crippen LogP contribution < -0.4 is 10.6 Å². The van der Waals surface area contributed by atoms with E-state index in [0.29, 0.717) is 16.5 Å². The molecule has 1 atom stereocenters. The summed E-state index contributed by atoms with van der Waals surface area (Å²) in [7, 11) is 0. The van der Waals surface area contributed by atoms with Gasteiger partial charge in [-0.05, 0) is 76.1 Å². The molecule has 146 valence electrons. The van der Waals surface area contributed by atoms with Crippen LogP contribution in [0.15, 0.2) is 24.3 Å². The van der Waals surface area contributed by atoms with Crippen LogP contribution in [0.1, 0.15) is 66.2 Å². The molecule has 1 aromatic carbocycles. The van der Waals surface area contributed by atoms with Gasteiger partial charge in [-0.1, -0.05) is 12.1 Å². The number of carbonyl (C=O) groups excluding carboxylic acids is 2. The molecule has 3 rings (SSSR count). The largest absolute Gasteiger partial charge is 0.480 e. The van der Waals surface area contributed by atoms with Crippen LogP contribution in [0.2, 0.25) is 0 Å². The molecule has 1 unspecified atom stereocenters. The van der Waals surface area contributed by atoms with Crippen LogP contribution >= 0.6 is 0 Å². The molecule has 1 saturated heterocycles. The van der Waals surface area contributed by atoms with Crippen molar-refractivity contribution in [3.8, 4) is 0 Å². The highest BCUT2D eigenvalue weighted by Gasteiger charge is 2.38. The average molecular weight is 372 g/mol. The van der Waals surface area contributed by atoms with Crippen molar-refractivity contribution < 1.29 is 19.5 Å². The normalized spacial score (nSPS) is 20.8. The maximum absolute atomic E-state index is 12.9. The van der Waals surface area contributed by atoms with Crippen molar-refractivity contribution in [2.75, 3.05) is 13.1 Å². The number of piperidine rings is 1. The fraction of sp³-hybridized carbons (Fsp3) is 0.571. The van der Waals surface area contributed by atoms with Crippen molar-refractivity contribution in [3.63, 3.8) is 0 Å². The topological polar surface area (TPSA) is 95.5 Å². The van der Waals surface area contributed by atoms with E-state index in [1.54, 1.807) is 24.3 Å². The van der Waals surface area contributed by atoms with E-state index in [0.717, 1.165) is 38.8 Å². The average Bonchev–Trinajstić information content (AvgIpc) is 2.68. The quantitative estimate of drug-likeness (QED) is 0.691. The van der Waals surface area contributed by atoms with Gasteiger partial charge in [0.05, 0.1) is 0 Å². The number of nitrogens with one attached hydrogen (secondary N) is 2. The van der Waals surface area contributed by atoms with Crippen LogP contribution in [0.4, 0.5) is 0 Å². The number of carbonyl (C=O) groups is 3. The number of rotatable bonds is 5. The second-order valence-corrected chi connectivity index (χ2v) is 8.00. The van der Waals surface area contributed by atoms with Gasteiger partial charge in [-0.15, -0.1) is 0 Å². The summed E-state index contributed by atoms with van der Waals surface area (Å²) in [5, 5.41) is 14.8. The van der Waals surface area contributed by atoms with Crippen LogP contribution in [-0.4, -0.2) is 41.9 Å². The van der Waals surface area contributed by atoms with E-state index in [9.17, 15) is 14.4 Å². The first-order chi connectivity index (χ1) is 12.9. The third kappa shape index (κ3) is 4.56. The third-order valence-corrected chi connectivity index (χ3v) is 6.21. The lowest BCUT2D eigenvalue weighted by Crippen LogP contribution is -2.40. The first-order valence-electron chi connectivity index (χ1n) is 9.79. The molecule has 1 saturated carbocycles. The van der Waals surface area contributed by atoms with Gasteiger partial charge in [0.15, 0.2) is 5.78 Å². The maximum atomic E-state index is 12.9. The first-order valence-corrected chi connectivity index (χ1v) is 9.79. The fourth-order valence-electron chi connectivity index (χ4n) is 4.34. The molecule has 1 aromatic rings. The van der Waals surface area contributed by atoms with Gasteiger partial charge in [0, 0.05) is 17.0 Å². The molecule has 0 bridgehead atoms. The SMILES string of the molecule is CC(NC(=O)c1cccc(C(=O)C2CCC3(CCNCC3)CC2)c1)C(=O)O. The Kier molecular flexibility index (Phi) is 5.95. The second kappa shape index (κ2) is 8.21. The molecule has 3 N–H and O–H groups in total. The Bertz CT molecular complexity index is 715. The van der Waals surface area contributed by atoms with Crippen LogP contribution in [-0.2, 0) is 4.79 Å². The number of Topliss-reactive ketones (excluding diaryl/α,β-unsaturated/α-hetero) is 1. The van der Waals surface area contributed by atoms with Crippen LogP contribution in [0, 0.1) is 11.3 Å². The minimum Gasteiger partial charge on any atom is -0.480 e. The highest BCUT2D eigenvalue weighted by molar-refractivity contribution is 6.02. The summed E-state index contributed by atoms with van der Waals surface area (Å²) < 4.78 is 0. The molecule has 0 aromatic heterocycles. The van der Waals surface area contributed by atoms with Crippen molar-refractivity contribution in [1.82, 2.24) is 10.6 Å². The molecule has 2 fully saturated rings. The number of hydrogen-bond acceptors (Lipinski definition) is 4. The highest BCUT2D eigenvalue weighted by Crippen LogP contribution is 2.45. The smallest absolute Gasteiger partial charge is 0.325 e. The van der Waals surface area contributed by atoms with E-state index in [1.165, 1.54) is 19.8 Å². The highest BCUT2D eigenvalue weighted by atomic mass is 16.4. The molecular formula is C21H28N2O4. The predicted octanol–water partition coefficient (Wildman–Crippen LogP) is 2.63. The maximum Gasteiger partial charge on any atom is 0.325 e. The van der Waals surface area contributed by atoms with Gasteiger partial charge in [-0.3, -0.25) is 14.4 Å². The number of aliphatic carboxylic acids is 1. The van der Waals surface area contributed by atoms with Crippen LogP contribution in [0.25, 0.3) is 0 Å². The van der Waals surface area contributed by atoms with Gasteiger partial charge in [0.2, 0.25) is 0 Å². The van der Waals surface area contributed by atoms with Crippen molar-refractivity contribution in [1.29, 1.82) is 0 Å². The lowest BCUT2D eigenvalue weighted by Gasteiger charge is -2.42. The lowest BCUT2D eigenvalue weighted by molar-refractivity contribution is -0.138. The predicted molar refractivity (Wildman–Crippen MR) is 102 cm³/mol. The number of amides is 1. The second-order valence-electron chi connectivity index (χ2n) is 8.00. The summed E-state index contributed by atoms with van der Waals surface area (Å²) >= 11 is 0. The van der Waals surface area contributed by atoms with E-state index in [4.69, 9.17) is 5.11 Å². The Labute approximate surface area is 159 Å². The number of carboxylic acid groups (broad SMARTS) is 1. The van der Waals surface area contributed by atoms with Crippen molar-refractivity contribution in [2.45, 2.75) is 51.5 Å². The van der Waals surface area contributed by atoms with Crippen LogP contribution in [0.5, 0.6) is 0 Å². The monoisotopic (exact) mass is 372 g/mol. The Morgan fingerprint density at radius 1 is 1.11 bits per heavy atom. The minimum atomic E-state index is -1.09. The summed E-state index contributed by atoms with van der Waals surface area (Å²) in [6, 6.07) is 5.64. The molecule has 6 heteroatoms. The molecule has 1 spiro atoms. The molecule has 1 heterocycles. The summed E-state index contributed by atoms with van der Waals surface area (Å²) in [4.78, 5) is 36.1. The van der Waals surface area contributed by atoms with E-state index in [1.807, 2.05) is 0 Å². The third-order valence-electron chi connectivity index (χ3n) is 6.21. The van der Waals surface area contributed by atoms with Gasteiger partial charge >= 0.3 is 5.97 Å². The number of ketones is 1. The van der Waals surface area contributed by atoms with Gasteiger partial charge < -0.3 is 15.7 Å². The zero-order valence-electron chi connectivity index (χ0n) is 15.8. The molecule has 6 nitrogen and oxygen atoms in total. The molecule has 27 heavy (non-hydrogen) atoms. The lowest BCUT2D eigenvalue weighted by atomic mass is 9.65. The number of benzene rings is 1. The molecule has 0 radical (unpaired) electrons. The standard InChI is InChI=1S/C21H28N2O4/c1-14(20(26)27)23-19(25)17-4-2-3-16(13-17)18(24)15-5-7-21(8-6-15)9-11-22-12-10-21/h2-4,13-15,22H,5-12H2,1H3,(H,23,25)(H,26,27). The number of carboxylic acids is 1. The van der Waals surface area contributed by atoms with Crippen molar-refractivity contribution in [2.24, 2.45) is 11.3 Å². The zero-order valence-corrected chi connectivity index (χ0v) is 15.8. The molecule has 2 aliphatic rings. The number of hydrogen-bond donors (Lipinski definition) is 3. The molecule has 1 amide bonds. The zero-order chi connectivity index (χ0) is 19.4. The van der Waals surface area contributed by atoms with E-state index >= 15 is 0 Å². The van der Waals surface area contributed by atoms with E-state index in [2.05, 4.69) is 10.6 Å². The van der Waals surface area contributed by atoms with Gasteiger partial charge in [0.1, 0.15) is 6.04 Å². The summed E-state index contributed by atoms with van der Waals surface area (Å²) in [6.45, 7) is 3.56. The minimum absolute atomic E-state index is 0.0155. The van der Waals surface area contributed by atoms with Crippen molar-refractivity contribution >= 4 is 17.7 Å². The Morgan fingerprint density at radius 2 is 1.74 bits per heavy atom. The van der Waals surface area contributed by atoms with Crippen molar-refractivity contribution in [3.05, 3.63) is 35.4 Å². The van der Waals surface area contributed by atoms with E-state index in [-0.39, 0.29) is 11.7 Å². The summed E-state index contributed by atoms with van der Waals surface area (Å²) in [5.74, 6) is -1.46. The van der Waals surface area contributed by atoms with Crippen LogP contribution in [0.3, 0.4) is 0 Å². The first kappa shape index (κ1) is 19.5. The Hall–Kier alpha value is -2.21.